The molecule has 0 aliphatic heterocycles. The molecule has 7 nitrogen and oxygen atoms in total. The topological polar surface area (TPSA) is 104 Å². The number of amides is 2. The maximum absolute atomic E-state index is 12.5. The maximum Gasteiger partial charge on any atom is 0.281 e. The van der Waals surface area contributed by atoms with Crippen LogP contribution in [0, 0.1) is 0 Å². The summed E-state index contributed by atoms with van der Waals surface area (Å²) in [6.45, 7) is 2.06. The Labute approximate surface area is 208 Å². The molecule has 3 heterocycles. The zero-order valence-corrected chi connectivity index (χ0v) is 20.3. The SMILES string of the molecule is C/C(=N\NC(=O)c1ccc(C(=O)NCc2ccncc2)s1)c1csc(-c2ccc(Cl)cc2)c1O. The van der Waals surface area contributed by atoms with E-state index in [4.69, 9.17) is 11.6 Å². The Morgan fingerprint density at radius 1 is 1.03 bits per heavy atom. The van der Waals surface area contributed by atoms with Gasteiger partial charge in [-0.25, -0.2) is 5.43 Å². The molecule has 0 aliphatic carbocycles. The number of nitrogens with one attached hydrogen (secondary N) is 2. The molecule has 3 aromatic heterocycles. The minimum Gasteiger partial charge on any atom is -0.506 e. The number of hydrogen-bond acceptors (Lipinski definition) is 7. The van der Waals surface area contributed by atoms with E-state index in [-0.39, 0.29) is 11.7 Å². The molecule has 0 saturated heterocycles. The Morgan fingerprint density at radius 3 is 2.41 bits per heavy atom. The summed E-state index contributed by atoms with van der Waals surface area (Å²) in [5.41, 5.74) is 5.23. The van der Waals surface area contributed by atoms with E-state index < -0.39 is 5.91 Å². The third kappa shape index (κ3) is 5.51. The van der Waals surface area contributed by atoms with Gasteiger partial charge in [0.1, 0.15) is 5.75 Å². The zero-order valence-electron chi connectivity index (χ0n) is 17.9. The van der Waals surface area contributed by atoms with Crippen LogP contribution in [0.25, 0.3) is 10.4 Å². The lowest BCUT2D eigenvalue weighted by Gasteiger charge is -2.03. The third-order valence-corrected chi connectivity index (χ3v) is 7.20. The Hall–Kier alpha value is -3.53. The van der Waals surface area contributed by atoms with Gasteiger partial charge in [0.2, 0.25) is 0 Å². The molecule has 0 spiro atoms. The van der Waals surface area contributed by atoms with E-state index in [0.717, 1.165) is 22.5 Å². The molecule has 0 saturated carbocycles. The number of halogens is 1. The van der Waals surface area contributed by atoms with Gasteiger partial charge in [-0.3, -0.25) is 14.6 Å². The minimum atomic E-state index is -0.440. The fraction of sp³-hybridized carbons (Fsp3) is 0.0833. The van der Waals surface area contributed by atoms with Gasteiger partial charge < -0.3 is 10.4 Å². The highest BCUT2D eigenvalue weighted by molar-refractivity contribution is 7.16. The fourth-order valence-corrected chi connectivity index (χ4v) is 4.97. The molecule has 10 heteroatoms. The van der Waals surface area contributed by atoms with Crippen LogP contribution in [-0.2, 0) is 6.54 Å². The molecule has 3 N–H and O–H groups in total. The molecule has 0 unspecified atom stereocenters. The van der Waals surface area contributed by atoms with Gasteiger partial charge in [-0.2, -0.15) is 5.10 Å². The van der Waals surface area contributed by atoms with Crippen molar-refractivity contribution in [1.82, 2.24) is 15.7 Å². The second-order valence-corrected chi connectivity index (χ2v) is 9.57. The van der Waals surface area contributed by atoms with Gasteiger partial charge in [0, 0.05) is 29.3 Å². The smallest absolute Gasteiger partial charge is 0.281 e. The van der Waals surface area contributed by atoms with Crippen LogP contribution in [0.1, 0.15) is 37.4 Å². The molecule has 0 aliphatic rings. The maximum atomic E-state index is 12.5. The number of hydrazone groups is 1. The van der Waals surface area contributed by atoms with E-state index in [1.54, 1.807) is 49.0 Å². The average molecular weight is 511 g/mol. The third-order valence-electron chi connectivity index (χ3n) is 4.84. The average Bonchev–Trinajstić information content (AvgIpc) is 3.49. The summed E-state index contributed by atoms with van der Waals surface area (Å²) in [4.78, 5) is 30.3. The number of rotatable bonds is 7. The van der Waals surface area contributed by atoms with Crippen LogP contribution in [-0.4, -0.2) is 27.6 Å². The van der Waals surface area contributed by atoms with Crippen molar-refractivity contribution < 1.29 is 14.7 Å². The molecule has 4 aromatic rings. The molecule has 2 amide bonds. The van der Waals surface area contributed by atoms with Crippen molar-refractivity contribution in [3.8, 4) is 16.2 Å². The Morgan fingerprint density at radius 2 is 1.71 bits per heavy atom. The molecular formula is C24H19ClN4O3S2. The molecule has 0 fully saturated rings. The van der Waals surface area contributed by atoms with Crippen molar-refractivity contribution in [2.24, 2.45) is 5.10 Å². The van der Waals surface area contributed by atoms with Gasteiger partial charge >= 0.3 is 0 Å². The van der Waals surface area contributed by atoms with E-state index in [2.05, 4.69) is 20.8 Å². The van der Waals surface area contributed by atoms with E-state index in [1.807, 2.05) is 24.3 Å². The van der Waals surface area contributed by atoms with Crippen LogP contribution < -0.4 is 10.7 Å². The normalized spacial score (nSPS) is 11.3. The zero-order chi connectivity index (χ0) is 24.1. The number of carbonyl (C=O) groups is 2. The van der Waals surface area contributed by atoms with E-state index in [1.165, 1.54) is 11.3 Å². The standard InChI is InChI=1S/C24H19ClN4O3S2/c1-14(18-13-33-22(21(18)30)16-2-4-17(25)5-3-16)28-29-24(32)20-7-6-19(34-20)23(31)27-12-15-8-10-26-11-9-15/h2-11,13,30H,12H2,1H3,(H,27,31)(H,29,32)/b28-14+. The number of thiophene rings is 2. The van der Waals surface area contributed by atoms with Crippen molar-refractivity contribution in [2.45, 2.75) is 13.5 Å². The molecule has 0 atom stereocenters. The first-order chi connectivity index (χ1) is 16.4. The van der Waals surface area contributed by atoms with Gasteiger partial charge in [0.05, 0.1) is 25.9 Å². The van der Waals surface area contributed by atoms with E-state index in [9.17, 15) is 14.7 Å². The number of pyridine rings is 1. The highest BCUT2D eigenvalue weighted by Crippen LogP contribution is 2.39. The summed E-state index contributed by atoms with van der Waals surface area (Å²) < 4.78 is 0. The van der Waals surface area contributed by atoms with Gasteiger partial charge in [0.25, 0.3) is 11.8 Å². The van der Waals surface area contributed by atoms with Crippen molar-refractivity contribution in [1.29, 1.82) is 0 Å². The molecule has 0 bridgehead atoms. The predicted molar refractivity (Wildman–Crippen MR) is 136 cm³/mol. The molecule has 4 rings (SSSR count). The summed E-state index contributed by atoms with van der Waals surface area (Å²) in [6, 6.07) is 14.0. The summed E-state index contributed by atoms with van der Waals surface area (Å²) in [7, 11) is 0. The van der Waals surface area contributed by atoms with E-state index >= 15 is 0 Å². The van der Waals surface area contributed by atoms with Crippen molar-refractivity contribution in [2.75, 3.05) is 0 Å². The van der Waals surface area contributed by atoms with Gasteiger partial charge in [-0.1, -0.05) is 23.7 Å². The number of benzene rings is 1. The molecule has 1 aromatic carbocycles. The first-order valence-corrected chi connectivity index (χ1v) is 12.2. The number of hydrogen-bond donors (Lipinski definition) is 3. The lowest BCUT2D eigenvalue weighted by Crippen LogP contribution is -2.21. The number of carbonyl (C=O) groups excluding carboxylic acids is 2. The Bertz CT molecular complexity index is 1350. The van der Waals surface area contributed by atoms with E-state index in [0.29, 0.717) is 37.5 Å². The van der Waals surface area contributed by atoms with Crippen LogP contribution in [0.5, 0.6) is 5.75 Å². The van der Waals surface area contributed by atoms with Crippen LogP contribution >= 0.6 is 34.3 Å². The Kier molecular flexibility index (Phi) is 7.36. The molecule has 172 valence electrons. The summed E-state index contributed by atoms with van der Waals surface area (Å²) >= 11 is 8.38. The first kappa shape index (κ1) is 23.6. The van der Waals surface area contributed by atoms with Crippen molar-refractivity contribution >= 4 is 51.8 Å². The summed E-state index contributed by atoms with van der Waals surface area (Å²) in [6.07, 6.45) is 3.32. The van der Waals surface area contributed by atoms with Crippen LogP contribution in [0.3, 0.4) is 0 Å². The van der Waals surface area contributed by atoms with Crippen LogP contribution in [0.15, 0.2) is 71.4 Å². The van der Waals surface area contributed by atoms with Crippen LogP contribution in [0.2, 0.25) is 5.02 Å². The molecular weight excluding hydrogens is 492 g/mol. The second kappa shape index (κ2) is 10.6. The number of nitrogens with zero attached hydrogens (tertiary/aromatic N) is 2. The quantitative estimate of drug-likeness (QED) is 0.231. The highest BCUT2D eigenvalue weighted by Gasteiger charge is 2.16. The lowest BCUT2D eigenvalue weighted by molar-refractivity contribution is 0.0950. The van der Waals surface area contributed by atoms with Gasteiger partial charge in [0.15, 0.2) is 0 Å². The first-order valence-electron chi connectivity index (χ1n) is 10.1. The Balaban J connectivity index is 1.39. The van der Waals surface area contributed by atoms with Crippen molar-refractivity contribution in [3.63, 3.8) is 0 Å². The molecule has 0 radical (unpaired) electrons. The number of aromatic nitrogens is 1. The largest absolute Gasteiger partial charge is 0.506 e. The monoisotopic (exact) mass is 510 g/mol. The minimum absolute atomic E-state index is 0.0899. The lowest BCUT2D eigenvalue weighted by atomic mass is 10.1. The van der Waals surface area contributed by atoms with Gasteiger partial charge in [-0.15, -0.1) is 22.7 Å². The predicted octanol–water partition coefficient (Wildman–Crippen LogP) is 5.31. The highest BCUT2D eigenvalue weighted by atomic mass is 35.5. The summed E-state index contributed by atoms with van der Waals surface area (Å²) in [5, 5.41) is 20.0. The van der Waals surface area contributed by atoms with Crippen molar-refractivity contribution in [3.05, 3.63) is 92.2 Å². The molecule has 34 heavy (non-hydrogen) atoms. The summed E-state index contributed by atoms with van der Waals surface area (Å²) in [5.74, 6) is -0.615. The fourth-order valence-electron chi connectivity index (χ4n) is 3.02. The van der Waals surface area contributed by atoms with Gasteiger partial charge in [-0.05, 0) is 54.4 Å². The number of aromatic hydroxyl groups is 1. The van der Waals surface area contributed by atoms with Crippen LogP contribution in [0.4, 0.5) is 0 Å². The second-order valence-electron chi connectivity index (χ2n) is 7.17.